The highest BCUT2D eigenvalue weighted by atomic mass is 79.9. The normalized spacial score (nSPS) is 21.1. The molecule has 1 aliphatic rings. The molecule has 92 valence electrons. The van der Waals surface area contributed by atoms with Crippen molar-refractivity contribution in [2.45, 2.75) is 18.9 Å². The number of halogens is 1. The lowest BCUT2D eigenvalue weighted by Crippen LogP contribution is -2.41. The van der Waals surface area contributed by atoms with Gasteiger partial charge in [-0.3, -0.25) is 4.90 Å². The molecule has 0 saturated carbocycles. The standard InChI is InChI=1S/C14H18BrNO/c1-2-9-16-10-3-4-14(11-16)17-13-7-5-12(15)6-8-13/h2,5-8,14H,1,3-4,9-11H2. The molecule has 17 heavy (non-hydrogen) atoms. The third-order valence-corrected chi connectivity index (χ3v) is 3.49. The minimum atomic E-state index is 0.310. The molecule has 3 heteroatoms. The first-order valence-electron chi connectivity index (χ1n) is 6.03. The molecular formula is C14H18BrNO. The summed E-state index contributed by atoms with van der Waals surface area (Å²) in [6, 6.07) is 8.05. The van der Waals surface area contributed by atoms with Crippen LogP contribution in [0.15, 0.2) is 41.4 Å². The van der Waals surface area contributed by atoms with Gasteiger partial charge in [-0.25, -0.2) is 0 Å². The van der Waals surface area contributed by atoms with Gasteiger partial charge in [-0.15, -0.1) is 6.58 Å². The molecule has 1 atom stereocenters. The lowest BCUT2D eigenvalue weighted by molar-refractivity contribution is 0.0957. The maximum atomic E-state index is 5.99. The smallest absolute Gasteiger partial charge is 0.119 e. The molecule has 0 bridgehead atoms. The Morgan fingerprint density at radius 2 is 2.18 bits per heavy atom. The van der Waals surface area contributed by atoms with Crippen LogP contribution in [-0.4, -0.2) is 30.6 Å². The van der Waals surface area contributed by atoms with Crippen LogP contribution in [0, 0.1) is 0 Å². The van der Waals surface area contributed by atoms with Crippen molar-refractivity contribution in [2.24, 2.45) is 0 Å². The van der Waals surface area contributed by atoms with Crippen LogP contribution in [0.4, 0.5) is 0 Å². The molecule has 2 rings (SSSR count). The van der Waals surface area contributed by atoms with Crippen LogP contribution in [-0.2, 0) is 0 Å². The van der Waals surface area contributed by atoms with Crippen LogP contribution in [0.1, 0.15) is 12.8 Å². The molecule has 1 aliphatic heterocycles. The molecule has 1 saturated heterocycles. The van der Waals surface area contributed by atoms with Crippen molar-refractivity contribution in [1.82, 2.24) is 4.90 Å². The van der Waals surface area contributed by atoms with E-state index in [1.54, 1.807) is 0 Å². The van der Waals surface area contributed by atoms with Crippen LogP contribution in [0.3, 0.4) is 0 Å². The molecule has 0 radical (unpaired) electrons. The average Bonchev–Trinajstić information content (AvgIpc) is 2.33. The van der Waals surface area contributed by atoms with Gasteiger partial charge in [0.25, 0.3) is 0 Å². The lowest BCUT2D eigenvalue weighted by Gasteiger charge is -2.32. The van der Waals surface area contributed by atoms with Crippen LogP contribution in [0.25, 0.3) is 0 Å². The summed E-state index contributed by atoms with van der Waals surface area (Å²) in [4.78, 5) is 2.39. The highest BCUT2D eigenvalue weighted by Crippen LogP contribution is 2.20. The van der Waals surface area contributed by atoms with Crippen molar-refractivity contribution in [1.29, 1.82) is 0 Å². The van der Waals surface area contributed by atoms with Gasteiger partial charge in [-0.05, 0) is 43.7 Å². The highest BCUT2D eigenvalue weighted by molar-refractivity contribution is 9.10. The molecule has 1 aromatic rings. The Morgan fingerprint density at radius 1 is 1.41 bits per heavy atom. The van der Waals surface area contributed by atoms with E-state index in [4.69, 9.17) is 4.74 Å². The van der Waals surface area contributed by atoms with Gasteiger partial charge in [-0.1, -0.05) is 22.0 Å². The number of ether oxygens (including phenoxy) is 1. The summed E-state index contributed by atoms with van der Waals surface area (Å²) in [7, 11) is 0. The van der Waals surface area contributed by atoms with Gasteiger partial charge in [0.2, 0.25) is 0 Å². The Kier molecular flexibility index (Phi) is 4.63. The van der Waals surface area contributed by atoms with Crippen LogP contribution >= 0.6 is 15.9 Å². The van der Waals surface area contributed by atoms with E-state index in [-0.39, 0.29) is 0 Å². The van der Waals surface area contributed by atoms with Crippen LogP contribution in [0.2, 0.25) is 0 Å². The van der Waals surface area contributed by atoms with E-state index in [1.807, 2.05) is 30.3 Å². The Hall–Kier alpha value is -0.800. The monoisotopic (exact) mass is 295 g/mol. The molecule has 0 aliphatic carbocycles. The predicted octanol–water partition coefficient (Wildman–Crippen LogP) is 3.48. The summed E-state index contributed by atoms with van der Waals surface area (Å²) < 4.78 is 7.08. The molecule has 0 N–H and O–H groups in total. The van der Waals surface area contributed by atoms with Crippen molar-refractivity contribution in [3.63, 3.8) is 0 Å². The van der Waals surface area contributed by atoms with E-state index in [1.165, 1.54) is 6.42 Å². The van der Waals surface area contributed by atoms with Crippen LogP contribution < -0.4 is 4.74 Å². The number of rotatable bonds is 4. The fourth-order valence-corrected chi connectivity index (χ4v) is 2.43. The maximum absolute atomic E-state index is 5.99. The molecule has 2 nitrogen and oxygen atoms in total. The number of nitrogens with zero attached hydrogens (tertiary/aromatic N) is 1. The summed E-state index contributed by atoms with van der Waals surface area (Å²) >= 11 is 3.43. The van der Waals surface area contributed by atoms with Gasteiger partial charge >= 0.3 is 0 Å². The van der Waals surface area contributed by atoms with Gasteiger partial charge < -0.3 is 4.74 Å². The third kappa shape index (κ3) is 3.86. The summed E-state index contributed by atoms with van der Waals surface area (Å²) in [5, 5.41) is 0. The molecule has 1 fully saturated rings. The minimum absolute atomic E-state index is 0.310. The summed E-state index contributed by atoms with van der Waals surface area (Å²) in [6.45, 7) is 6.91. The topological polar surface area (TPSA) is 12.5 Å². The fraction of sp³-hybridized carbons (Fsp3) is 0.429. The zero-order valence-corrected chi connectivity index (χ0v) is 11.5. The molecule has 1 unspecified atom stereocenters. The SMILES string of the molecule is C=CCN1CCCC(Oc2ccc(Br)cc2)C1. The summed E-state index contributed by atoms with van der Waals surface area (Å²) in [5.74, 6) is 0.957. The van der Waals surface area contributed by atoms with E-state index >= 15 is 0 Å². The van der Waals surface area contributed by atoms with E-state index in [0.717, 1.165) is 36.3 Å². The van der Waals surface area contributed by atoms with Gasteiger partial charge in [0, 0.05) is 17.6 Å². The van der Waals surface area contributed by atoms with Crippen molar-refractivity contribution in [2.75, 3.05) is 19.6 Å². The second-order valence-corrected chi connectivity index (χ2v) is 5.30. The van der Waals surface area contributed by atoms with E-state index in [2.05, 4.69) is 27.4 Å². The van der Waals surface area contributed by atoms with E-state index in [0.29, 0.717) is 6.10 Å². The molecule has 0 amide bonds. The van der Waals surface area contributed by atoms with E-state index in [9.17, 15) is 0 Å². The molecule has 0 aromatic heterocycles. The third-order valence-electron chi connectivity index (χ3n) is 2.97. The molecule has 1 heterocycles. The predicted molar refractivity (Wildman–Crippen MR) is 74.4 cm³/mol. The molecular weight excluding hydrogens is 278 g/mol. The zero-order valence-electron chi connectivity index (χ0n) is 9.94. The van der Waals surface area contributed by atoms with Crippen LogP contribution in [0.5, 0.6) is 5.75 Å². The Balaban J connectivity index is 1.89. The average molecular weight is 296 g/mol. The van der Waals surface area contributed by atoms with E-state index < -0.39 is 0 Å². The van der Waals surface area contributed by atoms with Crippen molar-refractivity contribution in [3.05, 3.63) is 41.4 Å². The fourth-order valence-electron chi connectivity index (χ4n) is 2.16. The number of likely N-dealkylation sites (tertiary alicyclic amines) is 1. The minimum Gasteiger partial charge on any atom is -0.489 e. The number of piperidine rings is 1. The van der Waals surface area contributed by atoms with Gasteiger partial charge in [0.05, 0.1) is 0 Å². The Labute approximate surface area is 111 Å². The summed E-state index contributed by atoms with van der Waals surface area (Å²) in [5.41, 5.74) is 0. The van der Waals surface area contributed by atoms with Crippen molar-refractivity contribution < 1.29 is 4.74 Å². The zero-order chi connectivity index (χ0) is 12.1. The molecule has 1 aromatic carbocycles. The largest absolute Gasteiger partial charge is 0.489 e. The number of hydrogen-bond donors (Lipinski definition) is 0. The quantitative estimate of drug-likeness (QED) is 0.789. The molecule has 0 spiro atoms. The van der Waals surface area contributed by atoms with Gasteiger partial charge in [-0.2, -0.15) is 0 Å². The lowest BCUT2D eigenvalue weighted by atomic mass is 10.1. The maximum Gasteiger partial charge on any atom is 0.119 e. The Morgan fingerprint density at radius 3 is 2.88 bits per heavy atom. The Bertz CT molecular complexity index is 363. The number of benzene rings is 1. The number of hydrogen-bond acceptors (Lipinski definition) is 2. The van der Waals surface area contributed by atoms with Gasteiger partial charge in [0.1, 0.15) is 11.9 Å². The first kappa shape index (κ1) is 12.7. The van der Waals surface area contributed by atoms with Crippen molar-refractivity contribution >= 4 is 15.9 Å². The highest BCUT2D eigenvalue weighted by Gasteiger charge is 2.20. The van der Waals surface area contributed by atoms with Crippen molar-refractivity contribution in [3.8, 4) is 5.75 Å². The second-order valence-electron chi connectivity index (χ2n) is 4.38. The second kappa shape index (κ2) is 6.22. The summed E-state index contributed by atoms with van der Waals surface area (Å²) in [6.07, 6.45) is 4.62. The first-order chi connectivity index (χ1) is 8.28. The van der Waals surface area contributed by atoms with Gasteiger partial charge in [0.15, 0.2) is 0 Å². The first-order valence-corrected chi connectivity index (χ1v) is 6.82.